The van der Waals surface area contributed by atoms with Crippen LogP contribution in [0.5, 0.6) is 5.88 Å². The number of rotatable bonds is 3. The first-order chi connectivity index (χ1) is 9.38. The standard InChI is InChI=1S/C16H13N2O.Pt/c1-19-16-10-11-17-18(16)15-9-5-8-14(12-15)13-6-3-2-4-7-13;/h2-8,10-12H,1H3;/q-1;. The fourth-order valence-corrected chi connectivity index (χ4v) is 2.01. The van der Waals surface area contributed by atoms with Gasteiger partial charge < -0.3 is 4.74 Å². The van der Waals surface area contributed by atoms with Crippen molar-refractivity contribution in [2.45, 2.75) is 0 Å². The Morgan fingerprint density at radius 3 is 2.60 bits per heavy atom. The fraction of sp³-hybridized carbons (Fsp3) is 0.0625. The van der Waals surface area contributed by atoms with E-state index < -0.39 is 0 Å². The molecule has 0 fully saturated rings. The Morgan fingerprint density at radius 2 is 1.85 bits per heavy atom. The maximum atomic E-state index is 5.27. The van der Waals surface area contributed by atoms with Crippen LogP contribution < -0.4 is 4.74 Å². The van der Waals surface area contributed by atoms with Crippen LogP contribution in [-0.2, 0) is 21.1 Å². The zero-order chi connectivity index (χ0) is 13.1. The summed E-state index contributed by atoms with van der Waals surface area (Å²) >= 11 is 0. The summed E-state index contributed by atoms with van der Waals surface area (Å²) in [5.41, 5.74) is 3.17. The van der Waals surface area contributed by atoms with Gasteiger partial charge in [-0.1, -0.05) is 30.3 Å². The molecular weight excluding hydrogens is 431 g/mol. The Labute approximate surface area is 132 Å². The third kappa shape index (κ3) is 2.83. The van der Waals surface area contributed by atoms with E-state index in [2.05, 4.69) is 23.3 Å². The van der Waals surface area contributed by atoms with Crippen LogP contribution in [0.25, 0.3) is 16.8 Å². The third-order valence-electron chi connectivity index (χ3n) is 2.94. The monoisotopic (exact) mass is 444 g/mol. The molecule has 0 N–H and O–H groups in total. The Kier molecular flexibility index (Phi) is 4.75. The molecule has 0 aliphatic heterocycles. The molecule has 0 bridgehead atoms. The molecular formula is C16H13N2OPt-. The average molecular weight is 444 g/mol. The Bertz CT molecular complexity index is 680. The van der Waals surface area contributed by atoms with Crippen molar-refractivity contribution >= 4 is 0 Å². The first-order valence-corrected chi connectivity index (χ1v) is 6.04. The number of methoxy groups -OCH3 is 1. The first-order valence-electron chi connectivity index (χ1n) is 6.04. The van der Waals surface area contributed by atoms with Gasteiger partial charge in [0.1, 0.15) is 0 Å². The van der Waals surface area contributed by atoms with Crippen molar-refractivity contribution in [2.75, 3.05) is 7.11 Å². The molecule has 0 atom stereocenters. The zero-order valence-electron chi connectivity index (χ0n) is 10.9. The maximum absolute atomic E-state index is 5.27. The van der Waals surface area contributed by atoms with Gasteiger partial charge in [0.15, 0.2) is 0 Å². The quantitative estimate of drug-likeness (QED) is 0.580. The van der Waals surface area contributed by atoms with Crippen LogP contribution in [0.3, 0.4) is 0 Å². The number of hydrogen-bond donors (Lipinski definition) is 0. The van der Waals surface area contributed by atoms with Gasteiger partial charge in [0, 0.05) is 27.1 Å². The van der Waals surface area contributed by atoms with Crippen LogP contribution in [0, 0.1) is 6.07 Å². The fourth-order valence-electron chi connectivity index (χ4n) is 2.01. The molecule has 0 saturated carbocycles. The molecule has 2 aromatic carbocycles. The van der Waals surface area contributed by atoms with Crippen LogP contribution in [0.2, 0.25) is 0 Å². The molecule has 3 rings (SSSR count). The van der Waals surface area contributed by atoms with Gasteiger partial charge in [0.25, 0.3) is 0 Å². The second-order valence-corrected chi connectivity index (χ2v) is 4.11. The van der Waals surface area contributed by atoms with E-state index in [1.54, 1.807) is 18.0 Å². The third-order valence-corrected chi connectivity index (χ3v) is 2.94. The summed E-state index contributed by atoms with van der Waals surface area (Å²) in [5, 5.41) is 4.25. The molecule has 104 valence electrons. The van der Waals surface area contributed by atoms with E-state index >= 15 is 0 Å². The molecule has 0 unspecified atom stereocenters. The molecule has 1 aromatic heterocycles. The molecule has 20 heavy (non-hydrogen) atoms. The largest absolute Gasteiger partial charge is 0.481 e. The predicted molar refractivity (Wildman–Crippen MR) is 74.4 cm³/mol. The molecule has 1 heterocycles. The van der Waals surface area contributed by atoms with Crippen molar-refractivity contribution in [2.24, 2.45) is 0 Å². The van der Waals surface area contributed by atoms with Crippen LogP contribution in [-0.4, -0.2) is 16.9 Å². The first kappa shape index (κ1) is 14.5. The minimum absolute atomic E-state index is 0. The van der Waals surface area contributed by atoms with Gasteiger partial charge in [0.05, 0.1) is 13.3 Å². The summed E-state index contributed by atoms with van der Waals surface area (Å²) in [4.78, 5) is 0. The van der Waals surface area contributed by atoms with Crippen molar-refractivity contribution in [3.8, 4) is 22.7 Å². The number of nitrogens with zero attached hydrogens (tertiary/aromatic N) is 2. The molecule has 3 aromatic rings. The van der Waals surface area contributed by atoms with E-state index in [1.165, 1.54) is 5.56 Å². The van der Waals surface area contributed by atoms with Gasteiger partial charge in [-0.15, -0.1) is 11.6 Å². The number of hydrogen-bond acceptors (Lipinski definition) is 2. The number of benzene rings is 2. The van der Waals surface area contributed by atoms with Crippen LogP contribution >= 0.6 is 0 Å². The molecule has 4 heteroatoms. The molecule has 3 nitrogen and oxygen atoms in total. The van der Waals surface area contributed by atoms with Gasteiger partial charge in [0.2, 0.25) is 5.88 Å². The molecule has 0 saturated heterocycles. The normalized spacial score (nSPS) is 9.85. The van der Waals surface area contributed by atoms with Gasteiger partial charge in [-0.05, 0) is 11.3 Å². The topological polar surface area (TPSA) is 27.1 Å². The van der Waals surface area contributed by atoms with Gasteiger partial charge in [-0.2, -0.15) is 23.3 Å². The van der Waals surface area contributed by atoms with Crippen molar-refractivity contribution in [3.63, 3.8) is 0 Å². The van der Waals surface area contributed by atoms with Crippen molar-refractivity contribution in [1.29, 1.82) is 0 Å². The van der Waals surface area contributed by atoms with Crippen LogP contribution in [0.1, 0.15) is 0 Å². The van der Waals surface area contributed by atoms with Gasteiger partial charge >= 0.3 is 0 Å². The van der Waals surface area contributed by atoms with Crippen molar-refractivity contribution in [3.05, 3.63) is 66.9 Å². The summed E-state index contributed by atoms with van der Waals surface area (Å²) in [6.07, 6.45) is 1.71. The summed E-state index contributed by atoms with van der Waals surface area (Å²) in [7, 11) is 1.63. The second kappa shape index (κ2) is 6.53. The van der Waals surface area contributed by atoms with E-state index in [0.717, 1.165) is 11.3 Å². The van der Waals surface area contributed by atoms with E-state index in [1.807, 2.05) is 42.5 Å². The van der Waals surface area contributed by atoms with Crippen molar-refractivity contribution in [1.82, 2.24) is 9.78 Å². The van der Waals surface area contributed by atoms with E-state index in [-0.39, 0.29) is 21.1 Å². The van der Waals surface area contributed by atoms with Crippen LogP contribution in [0.15, 0.2) is 60.8 Å². The van der Waals surface area contributed by atoms with E-state index in [4.69, 9.17) is 4.74 Å². The number of aromatic nitrogens is 2. The van der Waals surface area contributed by atoms with Gasteiger partial charge in [-0.25, -0.2) is 4.68 Å². The molecule has 0 aliphatic carbocycles. The summed E-state index contributed by atoms with van der Waals surface area (Å²) in [5.74, 6) is 0.696. The minimum atomic E-state index is 0. The Balaban J connectivity index is 0.00000147. The summed E-state index contributed by atoms with van der Waals surface area (Å²) in [6.45, 7) is 0. The van der Waals surface area contributed by atoms with Crippen molar-refractivity contribution < 1.29 is 25.8 Å². The number of ether oxygens (including phenoxy) is 1. The SMILES string of the molecule is COc1ccnn1-c1[c-]ccc(-c2ccccc2)c1.[Pt]. The maximum Gasteiger partial charge on any atom is 0.214 e. The summed E-state index contributed by atoms with van der Waals surface area (Å²) in [6, 6.07) is 21.2. The van der Waals surface area contributed by atoms with Crippen LogP contribution in [0.4, 0.5) is 0 Å². The molecule has 0 aliphatic rings. The van der Waals surface area contributed by atoms with E-state index in [0.29, 0.717) is 5.88 Å². The molecule has 0 amide bonds. The average Bonchev–Trinajstić information content (AvgIpc) is 2.97. The smallest absolute Gasteiger partial charge is 0.214 e. The van der Waals surface area contributed by atoms with E-state index in [9.17, 15) is 0 Å². The second-order valence-electron chi connectivity index (χ2n) is 4.11. The Morgan fingerprint density at radius 1 is 1.05 bits per heavy atom. The minimum Gasteiger partial charge on any atom is -0.481 e. The zero-order valence-corrected chi connectivity index (χ0v) is 13.2. The molecule has 0 spiro atoms. The summed E-state index contributed by atoms with van der Waals surface area (Å²) < 4.78 is 6.99. The Hall–Kier alpha value is -1.86. The predicted octanol–water partition coefficient (Wildman–Crippen LogP) is 3.35. The molecule has 0 radical (unpaired) electrons. The van der Waals surface area contributed by atoms with Gasteiger partial charge in [-0.3, -0.25) is 0 Å².